The Kier molecular flexibility index (Phi) is 9.33. The highest BCUT2D eigenvalue weighted by Crippen LogP contribution is 2.29. The summed E-state index contributed by atoms with van der Waals surface area (Å²) in [6.45, 7) is 3.24. The maximum Gasteiger partial charge on any atom is 0.340 e. The molecule has 0 saturated carbocycles. The molecule has 190 valence electrons. The average molecular weight is 551 g/mol. The van der Waals surface area contributed by atoms with Crippen molar-refractivity contribution in [3.05, 3.63) is 82.3 Å². The lowest BCUT2D eigenvalue weighted by molar-refractivity contribution is -0.119. The van der Waals surface area contributed by atoms with Gasteiger partial charge in [0.15, 0.2) is 6.61 Å². The maximum atomic E-state index is 12.6. The van der Waals surface area contributed by atoms with Crippen LogP contribution in [0.4, 0.5) is 5.69 Å². The normalized spacial score (nSPS) is 11.2. The van der Waals surface area contributed by atoms with Crippen LogP contribution in [0.2, 0.25) is 10.0 Å². The van der Waals surface area contributed by atoms with E-state index >= 15 is 0 Å². The van der Waals surface area contributed by atoms with E-state index in [9.17, 15) is 18.0 Å². The minimum atomic E-state index is -3.99. The second-order valence-electron chi connectivity index (χ2n) is 8.07. The van der Waals surface area contributed by atoms with Gasteiger partial charge in [-0.2, -0.15) is 0 Å². The van der Waals surface area contributed by atoms with Gasteiger partial charge in [0, 0.05) is 12.2 Å². The minimum Gasteiger partial charge on any atom is -0.457 e. The monoisotopic (exact) mass is 550 g/mol. The van der Waals surface area contributed by atoms with E-state index in [-0.39, 0.29) is 33.0 Å². The molecule has 2 N–H and O–H groups in total. The highest BCUT2D eigenvalue weighted by Gasteiger charge is 2.24. The summed E-state index contributed by atoms with van der Waals surface area (Å²) >= 11 is 12.1. The van der Waals surface area contributed by atoms with Gasteiger partial charge in [-0.15, -0.1) is 0 Å². The summed E-state index contributed by atoms with van der Waals surface area (Å²) in [5.41, 5.74) is 0.229. The Morgan fingerprint density at radius 1 is 0.917 bits per heavy atom. The van der Waals surface area contributed by atoms with Crippen LogP contribution >= 0.6 is 23.2 Å². The molecule has 0 fully saturated rings. The van der Waals surface area contributed by atoms with Crippen molar-refractivity contribution in [2.75, 3.05) is 18.5 Å². The van der Waals surface area contributed by atoms with Crippen molar-refractivity contribution in [1.29, 1.82) is 0 Å². The second kappa shape index (κ2) is 12.2. The summed E-state index contributed by atoms with van der Waals surface area (Å²) in [5, 5.41) is 2.34. The number of hydrogen-bond acceptors (Lipinski definition) is 6. The summed E-state index contributed by atoms with van der Waals surface area (Å²) in [6.07, 6.45) is 0. The largest absolute Gasteiger partial charge is 0.457 e. The molecule has 36 heavy (non-hydrogen) atoms. The third-order valence-electron chi connectivity index (χ3n) is 4.66. The fourth-order valence-electron chi connectivity index (χ4n) is 2.88. The predicted molar refractivity (Wildman–Crippen MR) is 138 cm³/mol. The number of sulfonamides is 1. The molecule has 0 aliphatic rings. The lowest BCUT2D eigenvalue weighted by Gasteiger charge is -2.13. The Morgan fingerprint density at radius 3 is 2.19 bits per heavy atom. The molecule has 3 rings (SSSR count). The number of esters is 1. The molecular weight excluding hydrogens is 527 g/mol. The molecule has 0 bridgehead atoms. The predicted octanol–water partition coefficient (Wildman–Crippen LogP) is 5.52. The molecule has 0 heterocycles. The van der Waals surface area contributed by atoms with Gasteiger partial charge < -0.3 is 14.8 Å². The Balaban J connectivity index is 1.60. The van der Waals surface area contributed by atoms with E-state index in [1.54, 1.807) is 24.3 Å². The van der Waals surface area contributed by atoms with Gasteiger partial charge >= 0.3 is 5.97 Å². The third kappa shape index (κ3) is 7.69. The highest BCUT2D eigenvalue weighted by atomic mass is 35.5. The van der Waals surface area contributed by atoms with Gasteiger partial charge in [0.2, 0.25) is 10.0 Å². The third-order valence-corrected chi connectivity index (χ3v) is 6.86. The SMILES string of the molecule is CC(C)CNS(=O)(=O)c1cc(C(=O)OCC(=O)Nc2ccc(Oc3ccccc3)cc2)c(Cl)cc1Cl. The first kappa shape index (κ1) is 27.5. The first-order valence-electron chi connectivity index (χ1n) is 10.8. The lowest BCUT2D eigenvalue weighted by Crippen LogP contribution is -2.28. The molecule has 11 heteroatoms. The van der Waals surface area contributed by atoms with Crippen LogP contribution in [0, 0.1) is 5.92 Å². The number of halogens is 2. The van der Waals surface area contributed by atoms with E-state index in [1.807, 2.05) is 44.2 Å². The van der Waals surface area contributed by atoms with E-state index in [2.05, 4.69) is 10.0 Å². The molecule has 0 unspecified atom stereocenters. The summed E-state index contributed by atoms with van der Waals surface area (Å²) < 4.78 is 38.3. The van der Waals surface area contributed by atoms with Crippen LogP contribution in [0.15, 0.2) is 71.6 Å². The lowest BCUT2D eigenvalue weighted by atomic mass is 10.2. The molecule has 0 saturated heterocycles. The number of carbonyl (C=O) groups excluding carboxylic acids is 2. The second-order valence-corrected chi connectivity index (χ2v) is 10.6. The fourth-order valence-corrected chi connectivity index (χ4v) is 4.94. The van der Waals surface area contributed by atoms with Crippen LogP contribution in [0.3, 0.4) is 0 Å². The number of carbonyl (C=O) groups is 2. The van der Waals surface area contributed by atoms with Crippen LogP contribution in [0.5, 0.6) is 11.5 Å². The Labute approximate surface area is 219 Å². The van der Waals surface area contributed by atoms with E-state index in [4.69, 9.17) is 32.7 Å². The molecule has 0 radical (unpaired) electrons. The van der Waals surface area contributed by atoms with Crippen LogP contribution < -0.4 is 14.8 Å². The fraction of sp³-hybridized carbons (Fsp3) is 0.200. The average Bonchev–Trinajstić information content (AvgIpc) is 2.83. The van der Waals surface area contributed by atoms with Crippen molar-refractivity contribution in [1.82, 2.24) is 4.72 Å². The zero-order valence-electron chi connectivity index (χ0n) is 19.5. The van der Waals surface area contributed by atoms with Gasteiger partial charge in [0.25, 0.3) is 5.91 Å². The van der Waals surface area contributed by atoms with E-state index in [0.29, 0.717) is 17.2 Å². The number of amides is 1. The number of benzene rings is 3. The topological polar surface area (TPSA) is 111 Å². The molecule has 3 aromatic carbocycles. The number of anilines is 1. The number of hydrogen-bond donors (Lipinski definition) is 2. The first-order chi connectivity index (χ1) is 17.0. The van der Waals surface area contributed by atoms with Crippen molar-refractivity contribution in [2.24, 2.45) is 5.92 Å². The van der Waals surface area contributed by atoms with E-state index < -0.39 is 28.5 Å². The van der Waals surface area contributed by atoms with Gasteiger partial charge in [0.1, 0.15) is 16.4 Å². The van der Waals surface area contributed by atoms with Gasteiger partial charge in [-0.3, -0.25) is 4.79 Å². The van der Waals surface area contributed by atoms with Gasteiger partial charge in [-0.05, 0) is 54.4 Å². The van der Waals surface area contributed by atoms with Crippen molar-refractivity contribution >= 4 is 50.8 Å². The number of ether oxygens (including phenoxy) is 2. The van der Waals surface area contributed by atoms with E-state index in [0.717, 1.165) is 12.1 Å². The van der Waals surface area contributed by atoms with Crippen molar-refractivity contribution < 1.29 is 27.5 Å². The van der Waals surface area contributed by atoms with Crippen molar-refractivity contribution in [3.63, 3.8) is 0 Å². The molecule has 8 nitrogen and oxygen atoms in total. The molecular formula is C25H24Cl2N2O6S. The van der Waals surface area contributed by atoms with Crippen LogP contribution in [0.1, 0.15) is 24.2 Å². The number of para-hydroxylation sites is 1. The van der Waals surface area contributed by atoms with Crippen molar-refractivity contribution in [2.45, 2.75) is 18.7 Å². The van der Waals surface area contributed by atoms with Crippen LogP contribution in [-0.4, -0.2) is 33.4 Å². The van der Waals surface area contributed by atoms with E-state index in [1.165, 1.54) is 0 Å². The number of nitrogens with one attached hydrogen (secondary N) is 2. The molecule has 0 aliphatic carbocycles. The van der Waals surface area contributed by atoms with Crippen LogP contribution in [-0.2, 0) is 19.6 Å². The molecule has 0 aliphatic heterocycles. The van der Waals surface area contributed by atoms with Gasteiger partial charge in [-0.25, -0.2) is 17.9 Å². The number of rotatable bonds is 10. The zero-order chi connectivity index (χ0) is 26.3. The zero-order valence-corrected chi connectivity index (χ0v) is 21.8. The molecule has 0 atom stereocenters. The summed E-state index contributed by atoms with van der Waals surface area (Å²) in [6, 6.07) is 18.0. The Bertz CT molecular complexity index is 1330. The van der Waals surface area contributed by atoms with Crippen LogP contribution in [0.25, 0.3) is 0 Å². The molecule has 1 amide bonds. The molecule has 0 spiro atoms. The minimum absolute atomic E-state index is 0.0568. The molecule has 3 aromatic rings. The Morgan fingerprint density at radius 2 is 1.56 bits per heavy atom. The van der Waals surface area contributed by atoms with Crippen molar-refractivity contribution in [3.8, 4) is 11.5 Å². The molecule has 0 aromatic heterocycles. The first-order valence-corrected chi connectivity index (χ1v) is 13.1. The summed E-state index contributed by atoms with van der Waals surface area (Å²) in [4.78, 5) is 24.5. The quantitative estimate of drug-likeness (QED) is 0.321. The smallest absolute Gasteiger partial charge is 0.340 e. The Hall–Kier alpha value is -3.11. The van der Waals surface area contributed by atoms with Gasteiger partial charge in [-0.1, -0.05) is 55.2 Å². The van der Waals surface area contributed by atoms with Gasteiger partial charge in [0.05, 0.1) is 15.6 Å². The maximum absolute atomic E-state index is 12.6. The highest BCUT2D eigenvalue weighted by molar-refractivity contribution is 7.89. The summed E-state index contributed by atoms with van der Waals surface area (Å²) in [5.74, 6) is -0.262. The standard InChI is InChI=1S/C25H24Cl2N2O6S/c1-16(2)14-28-36(32,33)23-12-20(21(26)13-22(23)27)25(31)34-15-24(30)29-17-8-10-19(11-9-17)35-18-6-4-3-5-7-18/h3-13,16,28H,14-15H2,1-2H3,(H,29,30). The summed E-state index contributed by atoms with van der Waals surface area (Å²) in [7, 11) is -3.99.